The zero-order valence-corrected chi connectivity index (χ0v) is 11.9. The van der Waals surface area contributed by atoms with Gasteiger partial charge in [-0.05, 0) is 30.7 Å². The molecule has 0 bridgehead atoms. The molecule has 2 nitrogen and oxygen atoms in total. The maximum atomic E-state index is 13.6. The largest absolute Gasteiger partial charge is 0.402 e. The fraction of sp³-hybridized carbons (Fsp3) is 0.462. The van der Waals surface area contributed by atoms with Crippen LogP contribution in [0.1, 0.15) is 12.0 Å². The van der Waals surface area contributed by atoms with Crippen LogP contribution in [-0.2, 0) is 11.2 Å². The number of carbonyl (C=O) groups is 1. The molecular formula is C13H12BrF4NO. The molecule has 7 heteroatoms. The zero-order chi connectivity index (χ0) is 15.0. The molecule has 1 aliphatic heterocycles. The van der Waals surface area contributed by atoms with E-state index in [1.807, 2.05) is 0 Å². The smallest absolute Gasteiger partial charge is 0.315 e. The molecule has 1 aliphatic rings. The summed E-state index contributed by atoms with van der Waals surface area (Å²) in [6.07, 6.45) is -5.48. The molecule has 0 spiro atoms. The monoisotopic (exact) mass is 353 g/mol. The SMILES string of the molecule is O=C(Cc1ccc(Br)cc1F)C1(C(F)(F)F)CCNC1. The number of hydrogen-bond donors (Lipinski definition) is 1. The lowest BCUT2D eigenvalue weighted by molar-refractivity contribution is -0.214. The van der Waals surface area contributed by atoms with Gasteiger partial charge in [0.25, 0.3) is 0 Å². The second-order valence-corrected chi connectivity index (χ2v) is 5.76. The van der Waals surface area contributed by atoms with Gasteiger partial charge >= 0.3 is 6.18 Å². The summed E-state index contributed by atoms with van der Waals surface area (Å²) < 4.78 is 53.6. The lowest BCUT2D eigenvalue weighted by atomic mass is 9.79. The van der Waals surface area contributed by atoms with Crippen LogP contribution in [0.2, 0.25) is 0 Å². The second-order valence-electron chi connectivity index (χ2n) is 4.84. The molecule has 1 atom stereocenters. The van der Waals surface area contributed by atoms with Crippen molar-refractivity contribution in [1.82, 2.24) is 5.32 Å². The Hall–Kier alpha value is -0.950. The van der Waals surface area contributed by atoms with Crippen molar-refractivity contribution in [3.8, 4) is 0 Å². The molecule has 1 unspecified atom stereocenters. The van der Waals surface area contributed by atoms with E-state index >= 15 is 0 Å². The predicted octanol–water partition coefficient (Wildman–Crippen LogP) is 3.24. The Morgan fingerprint density at radius 2 is 2.10 bits per heavy atom. The van der Waals surface area contributed by atoms with Gasteiger partial charge in [0.15, 0.2) is 5.78 Å². The third kappa shape index (κ3) is 2.74. The van der Waals surface area contributed by atoms with Crippen molar-refractivity contribution in [2.45, 2.75) is 19.0 Å². The van der Waals surface area contributed by atoms with Crippen LogP contribution in [0.25, 0.3) is 0 Å². The number of alkyl halides is 3. The molecule has 0 aliphatic carbocycles. The molecule has 1 aromatic rings. The van der Waals surface area contributed by atoms with Gasteiger partial charge in [0.1, 0.15) is 11.2 Å². The Labute approximate surface area is 121 Å². The quantitative estimate of drug-likeness (QED) is 0.845. The summed E-state index contributed by atoms with van der Waals surface area (Å²) in [5, 5.41) is 2.57. The molecule has 0 amide bonds. The third-order valence-corrected chi connectivity index (χ3v) is 4.09. The minimum absolute atomic E-state index is 0.0197. The van der Waals surface area contributed by atoms with E-state index in [-0.39, 0.29) is 18.5 Å². The van der Waals surface area contributed by atoms with Crippen molar-refractivity contribution < 1.29 is 22.4 Å². The fourth-order valence-corrected chi connectivity index (χ4v) is 2.67. The van der Waals surface area contributed by atoms with Gasteiger partial charge in [0.2, 0.25) is 0 Å². The van der Waals surface area contributed by atoms with Gasteiger partial charge in [-0.1, -0.05) is 22.0 Å². The Morgan fingerprint density at radius 3 is 2.60 bits per heavy atom. The summed E-state index contributed by atoms with van der Waals surface area (Å²) in [7, 11) is 0. The number of benzene rings is 1. The lowest BCUT2D eigenvalue weighted by Gasteiger charge is -2.29. The van der Waals surface area contributed by atoms with E-state index in [9.17, 15) is 22.4 Å². The van der Waals surface area contributed by atoms with Crippen LogP contribution in [0.4, 0.5) is 17.6 Å². The average Bonchev–Trinajstić information content (AvgIpc) is 2.82. The van der Waals surface area contributed by atoms with E-state index in [1.165, 1.54) is 12.1 Å². The Morgan fingerprint density at radius 1 is 1.40 bits per heavy atom. The van der Waals surface area contributed by atoms with Crippen LogP contribution >= 0.6 is 15.9 Å². The van der Waals surface area contributed by atoms with Crippen molar-refractivity contribution in [1.29, 1.82) is 0 Å². The maximum Gasteiger partial charge on any atom is 0.402 e. The normalized spacial score (nSPS) is 23.1. The molecule has 1 fully saturated rings. The molecule has 1 N–H and O–H groups in total. The fourth-order valence-electron chi connectivity index (χ4n) is 2.34. The van der Waals surface area contributed by atoms with Crippen LogP contribution in [0.5, 0.6) is 0 Å². The van der Waals surface area contributed by atoms with Gasteiger partial charge in [-0.15, -0.1) is 0 Å². The third-order valence-electron chi connectivity index (χ3n) is 3.60. The van der Waals surface area contributed by atoms with Crippen molar-refractivity contribution >= 4 is 21.7 Å². The molecule has 0 saturated carbocycles. The highest BCUT2D eigenvalue weighted by Gasteiger charge is 2.60. The first-order valence-corrected chi connectivity index (χ1v) is 6.80. The lowest BCUT2D eigenvalue weighted by Crippen LogP contribution is -2.47. The number of nitrogens with one attached hydrogen (secondary N) is 1. The summed E-state index contributed by atoms with van der Waals surface area (Å²) in [6, 6.07) is 3.96. The average molecular weight is 354 g/mol. The van der Waals surface area contributed by atoms with E-state index in [1.54, 1.807) is 0 Å². The standard InChI is InChI=1S/C13H12BrF4NO/c14-9-2-1-8(10(15)6-9)5-11(20)12(13(16,17)18)3-4-19-7-12/h1-2,6,19H,3-5,7H2. The topological polar surface area (TPSA) is 29.1 Å². The number of rotatable bonds is 3. The van der Waals surface area contributed by atoms with Crippen molar-refractivity contribution in [3.05, 3.63) is 34.1 Å². The van der Waals surface area contributed by atoms with Crippen LogP contribution in [0.3, 0.4) is 0 Å². The first-order valence-electron chi connectivity index (χ1n) is 6.01. The number of hydrogen-bond acceptors (Lipinski definition) is 2. The van der Waals surface area contributed by atoms with Gasteiger partial charge in [-0.25, -0.2) is 4.39 Å². The summed E-state index contributed by atoms with van der Waals surface area (Å²) in [4.78, 5) is 12.1. The minimum Gasteiger partial charge on any atom is -0.315 e. The number of carbonyl (C=O) groups excluding carboxylic acids is 1. The van der Waals surface area contributed by atoms with Gasteiger partial charge in [-0.2, -0.15) is 13.2 Å². The van der Waals surface area contributed by atoms with Gasteiger partial charge in [0.05, 0.1) is 0 Å². The van der Waals surface area contributed by atoms with Crippen LogP contribution in [-0.4, -0.2) is 25.0 Å². The molecule has 1 heterocycles. The summed E-state index contributed by atoms with van der Waals surface area (Å²) in [5.74, 6) is -1.67. The predicted molar refractivity (Wildman–Crippen MR) is 68.8 cm³/mol. The van der Waals surface area contributed by atoms with Gasteiger partial charge < -0.3 is 5.32 Å². The van der Waals surface area contributed by atoms with Crippen molar-refractivity contribution in [2.24, 2.45) is 5.41 Å². The van der Waals surface area contributed by atoms with E-state index < -0.39 is 36.2 Å². The second kappa shape index (κ2) is 5.44. The molecular weight excluding hydrogens is 342 g/mol. The van der Waals surface area contributed by atoms with Gasteiger partial charge in [-0.3, -0.25) is 4.79 Å². The zero-order valence-electron chi connectivity index (χ0n) is 10.4. The van der Waals surface area contributed by atoms with Crippen molar-refractivity contribution in [3.63, 3.8) is 0 Å². The molecule has 20 heavy (non-hydrogen) atoms. The van der Waals surface area contributed by atoms with Crippen LogP contribution in [0.15, 0.2) is 22.7 Å². The Balaban J connectivity index is 2.26. The summed E-state index contributed by atoms with van der Waals surface area (Å²) in [5.41, 5.74) is -2.42. The first kappa shape index (κ1) is 15.4. The van der Waals surface area contributed by atoms with Crippen LogP contribution < -0.4 is 5.32 Å². The Bertz CT molecular complexity index is 524. The molecule has 110 valence electrons. The summed E-state index contributed by atoms with van der Waals surface area (Å²) in [6.45, 7) is -0.304. The molecule has 1 aromatic carbocycles. The van der Waals surface area contributed by atoms with E-state index in [0.717, 1.165) is 6.07 Å². The molecule has 2 rings (SSSR count). The molecule has 1 saturated heterocycles. The minimum atomic E-state index is -4.63. The highest BCUT2D eigenvalue weighted by Crippen LogP contribution is 2.44. The van der Waals surface area contributed by atoms with E-state index in [0.29, 0.717) is 4.47 Å². The maximum absolute atomic E-state index is 13.6. The van der Waals surface area contributed by atoms with Gasteiger partial charge in [0, 0.05) is 17.4 Å². The molecule has 0 radical (unpaired) electrons. The number of halogens is 5. The highest BCUT2D eigenvalue weighted by atomic mass is 79.9. The van der Waals surface area contributed by atoms with Crippen molar-refractivity contribution in [2.75, 3.05) is 13.1 Å². The Kier molecular flexibility index (Phi) is 4.20. The number of ketones is 1. The molecule has 0 aromatic heterocycles. The van der Waals surface area contributed by atoms with Crippen LogP contribution in [0, 0.1) is 11.2 Å². The number of Topliss-reactive ketones (excluding diaryl/α,β-unsaturated/α-hetero) is 1. The van der Waals surface area contributed by atoms with E-state index in [4.69, 9.17) is 0 Å². The highest BCUT2D eigenvalue weighted by molar-refractivity contribution is 9.10. The summed E-state index contributed by atoms with van der Waals surface area (Å²) >= 11 is 3.06. The van der Waals surface area contributed by atoms with E-state index in [2.05, 4.69) is 21.2 Å². The first-order chi connectivity index (χ1) is 9.26.